The SMILES string of the molecule is O=C(ON1CCC(Oc2cccc(N3[C@@H]4CNC[C@H]3COC4)c2)CC1)c1ccccc1. The van der Waals surface area contributed by atoms with Crippen molar-refractivity contribution < 1.29 is 19.1 Å². The van der Waals surface area contributed by atoms with E-state index in [0.717, 1.165) is 44.9 Å². The number of carbonyl (C=O) groups excluding carboxylic acids is 1. The minimum atomic E-state index is -0.307. The van der Waals surface area contributed by atoms with Crippen LogP contribution in [0.25, 0.3) is 0 Å². The van der Waals surface area contributed by atoms with Crippen LogP contribution in [0.4, 0.5) is 5.69 Å². The van der Waals surface area contributed by atoms with Crippen LogP contribution in [0.15, 0.2) is 54.6 Å². The summed E-state index contributed by atoms with van der Waals surface area (Å²) in [4.78, 5) is 20.3. The summed E-state index contributed by atoms with van der Waals surface area (Å²) in [7, 11) is 0. The number of benzene rings is 2. The first-order valence-corrected chi connectivity index (χ1v) is 11.1. The summed E-state index contributed by atoms with van der Waals surface area (Å²) in [6.45, 7) is 4.75. The largest absolute Gasteiger partial charge is 0.490 e. The van der Waals surface area contributed by atoms with Crippen molar-refractivity contribution in [2.75, 3.05) is 44.3 Å². The van der Waals surface area contributed by atoms with E-state index in [9.17, 15) is 4.79 Å². The van der Waals surface area contributed by atoms with E-state index in [2.05, 4.69) is 28.4 Å². The van der Waals surface area contributed by atoms with E-state index in [0.29, 0.717) is 30.7 Å². The first-order valence-electron chi connectivity index (χ1n) is 11.1. The Morgan fingerprint density at radius 1 is 0.968 bits per heavy atom. The van der Waals surface area contributed by atoms with Crippen molar-refractivity contribution in [3.8, 4) is 5.75 Å². The third-order valence-electron chi connectivity index (χ3n) is 6.21. The Balaban J connectivity index is 1.16. The highest BCUT2D eigenvalue weighted by atomic mass is 16.7. The molecular weight excluding hydrogens is 394 g/mol. The van der Waals surface area contributed by atoms with Gasteiger partial charge in [-0.05, 0) is 24.3 Å². The number of rotatable bonds is 5. The maximum Gasteiger partial charge on any atom is 0.357 e. The monoisotopic (exact) mass is 423 g/mol. The average molecular weight is 424 g/mol. The second-order valence-corrected chi connectivity index (χ2v) is 8.40. The van der Waals surface area contributed by atoms with Crippen LogP contribution in [0.3, 0.4) is 0 Å². The highest BCUT2D eigenvalue weighted by Crippen LogP contribution is 2.30. The fourth-order valence-electron chi connectivity index (χ4n) is 4.65. The van der Waals surface area contributed by atoms with Gasteiger partial charge in [-0.1, -0.05) is 24.3 Å². The number of fused-ring (bicyclic) bond motifs is 2. The van der Waals surface area contributed by atoms with Crippen LogP contribution < -0.4 is 15.0 Å². The van der Waals surface area contributed by atoms with Gasteiger partial charge in [-0.2, -0.15) is 0 Å². The maximum atomic E-state index is 12.2. The second kappa shape index (κ2) is 9.26. The van der Waals surface area contributed by atoms with Crippen molar-refractivity contribution >= 4 is 11.7 Å². The highest BCUT2D eigenvalue weighted by Gasteiger charge is 2.34. The zero-order valence-corrected chi connectivity index (χ0v) is 17.6. The molecule has 1 N–H and O–H groups in total. The third kappa shape index (κ3) is 4.69. The number of hydroxylamine groups is 2. The Kier molecular flexibility index (Phi) is 6.06. The zero-order valence-electron chi connectivity index (χ0n) is 17.6. The molecule has 3 saturated heterocycles. The van der Waals surface area contributed by atoms with E-state index in [1.54, 1.807) is 17.2 Å². The molecule has 3 aliphatic rings. The predicted molar refractivity (Wildman–Crippen MR) is 117 cm³/mol. The Bertz CT molecular complexity index is 863. The number of piperazine rings is 1. The Morgan fingerprint density at radius 3 is 2.45 bits per heavy atom. The molecule has 0 unspecified atom stereocenters. The molecule has 0 amide bonds. The normalized spacial score (nSPS) is 24.6. The lowest BCUT2D eigenvalue weighted by Gasteiger charge is -2.47. The molecule has 3 aliphatic heterocycles. The van der Waals surface area contributed by atoms with Crippen LogP contribution in [-0.2, 0) is 9.57 Å². The molecule has 3 heterocycles. The van der Waals surface area contributed by atoms with Crippen molar-refractivity contribution in [1.82, 2.24) is 10.4 Å². The highest BCUT2D eigenvalue weighted by molar-refractivity contribution is 5.89. The number of hydrogen-bond acceptors (Lipinski definition) is 7. The lowest BCUT2D eigenvalue weighted by atomic mass is 10.0. The van der Waals surface area contributed by atoms with Crippen molar-refractivity contribution in [1.29, 1.82) is 0 Å². The van der Waals surface area contributed by atoms with Gasteiger partial charge in [-0.25, -0.2) is 4.79 Å². The van der Waals surface area contributed by atoms with E-state index >= 15 is 0 Å². The van der Waals surface area contributed by atoms with Crippen LogP contribution in [-0.4, -0.2) is 68.6 Å². The van der Waals surface area contributed by atoms with Gasteiger partial charge in [0, 0.05) is 50.8 Å². The molecule has 0 radical (unpaired) electrons. The van der Waals surface area contributed by atoms with Gasteiger partial charge >= 0.3 is 5.97 Å². The summed E-state index contributed by atoms with van der Waals surface area (Å²) in [5, 5.41) is 5.24. The van der Waals surface area contributed by atoms with Crippen LogP contribution in [0.5, 0.6) is 5.75 Å². The summed E-state index contributed by atoms with van der Waals surface area (Å²) in [6.07, 6.45) is 1.76. The van der Waals surface area contributed by atoms with Gasteiger partial charge < -0.3 is 24.5 Å². The molecule has 2 aromatic carbocycles. The Morgan fingerprint density at radius 2 is 1.71 bits per heavy atom. The fraction of sp³-hybridized carbons (Fsp3) is 0.458. The van der Waals surface area contributed by atoms with E-state index in [1.807, 2.05) is 24.3 Å². The first kappa shape index (κ1) is 20.3. The third-order valence-corrected chi connectivity index (χ3v) is 6.21. The molecule has 2 atom stereocenters. The number of nitrogens with one attached hydrogen (secondary N) is 1. The van der Waals surface area contributed by atoms with Gasteiger partial charge in [-0.15, -0.1) is 5.06 Å². The Hall–Kier alpha value is -2.61. The van der Waals surface area contributed by atoms with Crippen molar-refractivity contribution in [3.63, 3.8) is 0 Å². The Labute approximate surface area is 182 Å². The molecular formula is C24H29N3O4. The standard InChI is InChI=1S/C24H29N3O4/c28-24(18-5-2-1-3-6-18)31-26-11-9-22(10-12-26)30-23-8-4-7-19(13-23)27-20-14-25-15-21(27)17-29-16-20/h1-8,13,20-22,25H,9-12,14-17H2/t20-,21+. The van der Waals surface area contributed by atoms with E-state index < -0.39 is 0 Å². The van der Waals surface area contributed by atoms with Crippen LogP contribution in [0, 0.1) is 0 Å². The number of carbonyl (C=O) groups is 1. The molecule has 0 saturated carbocycles. The van der Waals surface area contributed by atoms with Gasteiger partial charge in [-0.3, -0.25) is 0 Å². The van der Waals surface area contributed by atoms with Crippen molar-refractivity contribution in [2.24, 2.45) is 0 Å². The maximum absolute atomic E-state index is 12.2. The number of ether oxygens (including phenoxy) is 2. The predicted octanol–water partition coefficient (Wildman–Crippen LogP) is 2.48. The average Bonchev–Trinajstić information content (AvgIpc) is 2.80. The minimum Gasteiger partial charge on any atom is -0.490 e. The van der Waals surface area contributed by atoms with Crippen molar-refractivity contribution in [3.05, 3.63) is 60.2 Å². The smallest absolute Gasteiger partial charge is 0.357 e. The fourth-order valence-corrected chi connectivity index (χ4v) is 4.65. The molecule has 31 heavy (non-hydrogen) atoms. The molecule has 0 aliphatic carbocycles. The van der Waals surface area contributed by atoms with Gasteiger partial charge in [0.1, 0.15) is 11.9 Å². The number of anilines is 1. The summed E-state index contributed by atoms with van der Waals surface area (Å²) in [5.74, 6) is 0.591. The van der Waals surface area contributed by atoms with Crippen molar-refractivity contribution in [2.45, 2.75) is 31.0 Å². The van der Waals surface area contributed by atoms with Crippen LogP contribution >= 0.6 is 0 Å². The number of piperidine rings is 1. The summed E-state index contributed by atoms with van der Waals surface area (Å²) >= 11 is 0. The van der Waals surface area contributed by atoms with Gasteiger partial charge in [0.2, 0.25) is 0 Å². The molecule has 0 spiro atoms. The molecule has 2 bridgehead atoms. The summed E-state index contributed by atoms with van der Waals surface area (Å²) in [6, 6.07) is 18.2. The molecule has 0 aromatic heterocycles. The molecule has 164 valence electrons. The summed E-state index contributed by atoms with van der Waals surface area (Å²) in [5.41, 5.74) is 1.77. The quantitative estimate of drug-likeness (QED) is 0.793. The lowest BCUT2D eigenvalue weighted by Crippen LogP contribution is -2.64. The number of nitrogens with zero attached hydrogens (tertiary/aromatic N) is 2. The lowest BCUT2D eigenvalue weighted by molar-refractivity contribution is -0.131. The topological polar surface area (TPSA) is 63.3 Å². The molecule has 2 aromatic rings. The summed E-state index contributed by atoms with van der Waals surface area (Å²) < 4.78 is 12.1. The van der Waals surface area contributed by atoms with Crippen LogP contribution in [0.1, 0.15) is 23.2 Å². The zero-order chi connectivity index (χ0) is 21.0. The number of hydrogen-bond donors (Lipinski definition) is 1. The molecule has 5 rings (SSSR count). The number of morpholine rings is 1. The molecule has 3 fully saturated rings. The van der Waals surface area contributed by atoms with E-state index in [1.165, 1.54) is 5.69 Å². The first-order chi connectivity index (χ1) is 15.3. The van der Waals surface area contributed by atoms with Crippen LogP contribution in [0.2, 0.25) is 0 Å². The van der Waals surface area contributed by atoms with E-state index in [-0.39, 0.29) is 12.1 Å². The van der Waals surface area contributed by atoms with Gasteiger partial charge in [0.15, 0.2) is 0 Å². The minimum absolute atomic E-state index is 0.118. The van der Waals surface area contributed by atoms with Gasteiger partial charge in [0.05, 0.1) is 30.9 Å². The van der Waals surface area contributed by atoms with Gasteiger partial charge in [0.25, 0.3) is 0 Å². The second-order valence-electron chi connectivity index (χ2n) is 8.40. The molecule has 7 heteroatoms. The molecule has 7 nitrogen and oxygen atoms in total. The van der Waals surface area contributed by atoms with E-state index in [4.69, 9.17) is 14.3 Å².